The normalized spacial score (nSPS) is 22.8. The maximum Gasteiger partial charge on any atom is 0.422 e. The Morgan fingerprint density at radius 2 is 1.66 bits per heavy atom. The van der Waals surface area contributed by atoms with Gasteiger partial charge in [-0.2, -0.15) is 18.2 Å². The van der Waals surface area contributed by atoms with Gasteiger partial charge in [-0.1, -0.05) is 61.5 Å². The van der Waals surface area contributed by atoms with Crippen molar-refractivity contribution in [2.45, 2.75) is 31.0 Å². The van der Waals surface area contributed by atoms with Crippen LogP contribution in [0.3, 0.4) is 0 Å². The van der Waals surface area contributed by atoms with Crippen molar-refractivity contribution in [3.8, 4) is 11.1 Å². The molecule has 29 heavy (non-hydrogen) atoms. The molecule has 8 heteroatoms. The highest BCUT2D eigenvalue weighted by atomic mass is 19.4. The third-order valence-electron chi connectivity index (χ3n) is 5.06. The summed E-state index contributed by atoms with van der Waals surface area (Å²) in [5, 5.41) is 10.3. The monoisotopic (exact) mass is 403 g/mol. The zero-order valence-corrected chi connectivity index (χ0v) is 15.6. The van der Waals surface area contributed by atoms with Gasteiger partial charge in [0, 0.05) is 11.6 Å². The third-order valence-corrected chi connectivity index (χ3v) is 5.06. The van der Waals surface area contributed by atoms with Gasteiger partial charge >= 0.3 is 6.18 Å². The lowest BCUT2D eigenvalue weighted by molar-refractivity contribution is -0.244. The average molecular weight is 403 g/mol. The largest absolute Gasteiger partial charge is 0.422 e. The van der Waals surface area contributed by atoms with Crippen LogP contribution in [0.4, 0.5) is 13.2 Å². The summed E-state index contributed by atoms with van der Waals surface area (Å²) in [4.78, 5) is 14.9. The second kappa shape index (κ2) is 7.36. The topological polar surface area (TPSA) is 102 Å². The maximum atomic E-state index is 13.6. The van der Waals surface area contributed by atoms with Crippen LogP contribution in [0.15, 0.2) is 70.9 Å². The predicted molar refractivity (Wildman–Crippen MR) is 104 cm³/mol. The van der Waals surface area contributed by atoms with E-state index in [1.54, 1.807) is 19.1 Å². The third kappa shape index (κ3) is 3.75. The fourth-order valence-corrected chi connectivity index (χ4v) is 3.37. The first-order valence-electron chi connectivity index (χ1n) is 8.86. The molecule has 0 aliphatic carbocycles. The number of nitrogens with zero attached hydrogens (tertiary/aromatic N) is 1. The first-order chi connectivity index (χ1) is 13.5. The molecular formula is C21H20F3N3O2. The van der Waals surface area contributed by atoms with Crippen LogP contribution < -0.4 is 11.5 Å². The molecule has 2 aromatic rings. The van der Waals surface area contributed by atoms with Gasteiger partial charge in [-0.15, -0.1) is 0 Å². The number of alkyl halides is 3. The molecule has 0 aromatic heterocycles. The summed E-state index contributed by atoms with van der Waals surface area (Å²) in [7, 11) is 0. The lowest BCUT2D eigenvalue weighted by Crippen LogP contribution is -2.55. The number of aliphatic hydroxyl groups is 1. The molecule has 0 fully saturated rings. The Bertz CT molecular complexity index is 982. The fourth-order valence-electron chi connectivity index (χ4n) is 3.37. The van der Waals surface area contributed by atoms with Crippen LogP contribution >= 0.6 is 0 Å². The van der Waals surface area contributed by atoms with Gasteiger partial charge in [0.1, 0.15) is 5.84 Å². The smallest absolute Gasteiger partial charge is 0.401 e. The van der Waals surface area contributed by atoms with Gasteiger partial charge in [0.15, 0.2) is 5.60 Å². The number of allylic oxidation sites excluding steroid dienone is 1. The lowest BCUT2D eigenvalue weighted by atomic mass is 9.81. The summed E-state index contributed by atoms with van der Waals surface area (Å²) in [6.07, 6.45) is -6.40. The van der Waals surface area contributed by atoms with E-state index in [1.807, 2.05) is 42.5 Å². The number of aliphatic imine (C=N–C) groups is 1. The summed E-state index contributed by atoms with van der Waals surface area (Å²) in [5.41, 5.74) is 9.65. The molecular weight excluding hydrogens is 383 g/mol. The number of hydrogen-bond donors (Lipinski definition) is 3. The first kappa shape index (κ1) is 20.6. The highest BCUT2D eigenvalue weighted by Crippen LogP contribution is 2.43. The van der Waals surface area contributed by atoms with Gasteiger partial charge in [-0.05, 0) is 16.7 Å². The summed E-state index contributed by atoms with van der Waals surface area (Å²) >= 11 is 0. The number of carbonyl (C=O) groups is 1. The molecule has 2 unspecified atom stereocenters. The zero-order valence-electron chi connectivity index (χ0n) is 15.6. The number of halogens is 3. The number of amides is 1. The zero-order chi connectivity index (χ0) is 21.4. The van der Waals surface area contributed by atoms with E-state index in [0.717, 1.165) is 11.1 Å². The first-order valence-corrected chi connectivity index (χ1v) is 8.86. The van der Waals surface area contributed by atoms with Gasteiger partial charge in [-0.25, -0.2) is 0 Å². The number of amidine groups is 1. The Morgan fingerprint density at radius 1 is 1.10 bits per heavy atom. The molecule has 5 nitrogen and oxygen atoms in total. The van der Waals surface area contributed by atoms with E-state index in [1.165, 1.54) is 0 Å². The number of hydrogen-bond acceptors (Lipinski definition) is 4. The molecule has 0 saturated heterocycles. The molecule has 5 N–H and O–H groups in total. The summed E-state index contributed by atoms with van der Waals surface area (Å²) in [6, 6.07) is 16.7. The van der Waals surface area contributed by atoms with Gasteiger partial charge in [0.2, 0.25) is 0 Å². The minimum atomic E-state index is -5.14. The summed E-state index contributed by atoms with van der Waals surface area (Å²) < 4.78 is 40.8. The van der Waals surface area contributed by atoms with Crippen LogP contribution in [0.5, 0.6) is 0 Å². The van der Waals surface area contributed by atoms with Crippen molar-refractivity contribution < 1.29 is 23.1 Å². The number of nitrogens with two attached hydrogens (primary N) is 2. The van der Waals surface area contributed by atoms with Gasteiger partial charge in [0.05, 0.1) is 12.0 Å². The Labute approximate surface area is 165 Å². The summed E-state index contributed by atoms with van der Waals surface area (Å²) in [6.45, 7) is 1.60. The van der Waals surface area contributed by atoms with Crippen molar-refractivity contribution >= 4 is 11.7 Å². The number of rotatable bonds is 3. The number of benzene rings is 2. The molecule has 3 rings (SSSR count). The molecule has 1 heterocycles. The second-order valence-corrected chi connectivity index (χ2v) is 6.97. The Kier molecular flexibility index (Phi) is 5.23. The van der Waals surface area contributed by atoms with Gasteiger partial charge in [-0.3, -0.25) is 4.79 Å². The maximum absolute atomic E-state index is 13.6. The van der Waals surface area contributed by atoms with Crippen LogP contribution in [-0.2, 0) is 4.79 Å². The molecule has 0 saturated carbocycles. The minimum Gasteiger partial charge on any atom is -0.401 e. The Balaban J connectivity index is 2.03. The van der Waals surface area contributed by atoms with Crippen LogP contribution in [0.1, 0.15) is 24.8 Å². The number of carbonyl (C=O) groups excluding carboxylic acids is 1. The van der Waals surface area contributed by atoms with E-state index in [0.29, 0.717) is 5.56 Å². The van der Waals surface area contributed by atoms with Crippen molar-refractivity contribution in [1.29, 1.82) is 0 Å². The molecule has 2 aromatic carbocycles. The van der Waals surface area contributed by atoms with Crippen LogP contribution in [0.2, 0.25) is 0 Å². The molecule has 152 valence electrons. The van der Waals surface area contributed by atoms with Crippen molar-refractivity contribution in [2.75, 3.05) is 0 Å². The molecule has 0 spiro atoms. The van der Waals surface area contributed by atoms with E-state index in [2.05, 4.69) is 4.99 Å². The fraction of sp³-hybridized carbons (Fsp3) is 0.238. The standard InChI is InChI=1S/C21H20F3N3O2/c1-12(13-7-9-15(10-8-13)14-5-3-2-4-6-14)18(25)17-19(26)27-16(28)11-20(17,29)21(22,23)24/h2-10,12,29H,11,25H2,1H3,(H2,26,27,28). The highest BCUT2D eigenvalue weighted by molar-refractivity contribution is 6.09. The van der Waals surface area contributed by atoms with Crippen LogP contribution in [0.25, 0.3) is 11.1 Å². The highest BCUT2D eigenvalue weighted by Gasteiger charge is 2.60. The van der Waals surface area contributed by atoms with E-state index in [9.17, 15) is 23.1 Å². The van der Waals surface area contributed by atoms with E-state index >= 15 is 0 Å². The Hall–Kier alpha value is -3.13. The molecule has 2 atom stereocenters. The van der Waals surface area contributed by atoms with Gasteiger partial charge < -0.3 is 16.6 Å². The van der Waals surface area contributed by atoms with Crippen molar-refractivity contribution in [2.24, 2.45) is 16.5 Å². The summed E-state index contributed by atoms with van der Waals surface area (Å²) in [5.74, 6) is -2.57. The molecule has 0 bridgehead atoms. The van der Waals surface area contributed by atoms with Crippen LogP contribution in [-0.4, -0.2) is 28.6 Å². The molecule has 1 amide bonds. The molecule has 1 aliphatic rings. The SMILES string of the molecule is CC(C(N)=C1C(N)=NC(=O)CC1(O)C(F)(F)F)c1ccc(-c2ccccc2)cc1. The van der Waals surface area contributed by atoms with Crippen molar-refractivity contribution in [3.05, 3.63) is 71.4 Å². The quantitative estimate of drug-likeness (QED) is 0.732. The van der Waals surface area contributed by atoms with Crippen molar-refractivity contribution in [1.82, 2.24) is 0 Å². The average Bonchev–Trinajstić information content (AvgIpc) is 2.66. The minimum absolute atomic E-state index is 0.286. The lowest BCUT2D eigenvalue weighted by Gasteiger charge is -2.36. The van der Waals surface area contributed by atoms with E-state index in [-0.39, 0.29) is 5.70 Å². The van der Waals surface area contributed by atoms with Crippen molar-refractivity contribution in [3.63, 3.8) is 0 Å². The van der Waals surface area contributed by atoms with E-state index in [4.69, 9.17) is 11.5 Å². The molecule has 1 aliphatic heterocycles. The van der Waals surface area contributed by atoms with Gasteiger partial charge in [0.25, 0.3) is 5.91 Å². The predicted octanol–water partition coefficient (Wildman–Crippen LogP) is 3.25. The van der Waals surface area contributed by atoms with Crippen LogP contribution in [0, 0.1) is 0 Å². The van der Waals surface area contributed by atoms with E-state index < -0.39 is 41.4 Å². The second-order valence-electron chi connectivity index (χ2n) is 6.97. The molecule has 0 radical (unpaired) electrons. The Morgan fingerprint density at radius 3 is 2.21 bits per heavy atom.